The van der Waals surface area contributed by atoms with Crippen molar-refractivity contribution in [3.8, 4) is 34.5 Å². The summed E-state index contributed by atoms with van der Waals surface area (Å²) in [5.41, 5.74) is 5.82. The van der Waals surface area contributed by atoms with Gasteiger partial charge < -0.3 is 28.4 Å². The van der Waals surface area contributed by atoms with Crippen molar-refractivity contribution in [3.63, 3.8) is 0 Å². The Kier molecular flexibility index (Phi) is 41.8. The van der Waals surface area contributed by atoms with E-state index in [1.54, 1.807) is 0 Å². The first kappa shape index (κ1) is 69.7. The molecule has 6 heteroatoms. The van der Waals surface area contributed by atoms with E-state index in [-0.39, 0.29) is 0 Å². The number of ether oxygens (including phenoxy) is 6. The molecule has 450 valence electrons. The Hall–Kier alpha value is -4.58. The number of hydrogen-bond acceptors (Lipinski definition) is 6. The molecular weight excluding hydrogens is 985 g/mol. The SMILES string of the molecule is C=Cc1ccc(/C=C\c2ccc(/C=C/c3ccc(C=C)c(OCCCCCCCC)c3OCCCCCCCC)c(OCCCCCCCC)c2OCCCCCCCC)c(OCCCCCCCC)c1OCCCCCCCC. The van der Waals surface area contributed by atoms with Crippen LogP contribution in [-0.2, 0) is 0 Å². The predicted molar refractivity (Wildman–Crippen MR) is 351 cm³/mol. The Bertz CT molecular complexity index is 1930. The molecule has 0 aliphatic carbocycles. The molecule has 3 aromatic rings. The van der Waals surface area contributed by atoms with E-state index in [9.17, 15) is 0 Å². The van der Waals surface area contributed by atoms with Crippen molar-refractivity contribution in [2.24, 2.45) is 0 Å². The summed E-state index contributed by atoms with van der Waals surface area (Å²) in [5, 5.41) is 0. The third-order valence-corrected chi connectivity index (χ3v) is 15.3. The lowest BCUT2D eigenvalue weighted by Crippen LogP contribution is -2.06. The van der Waals surface area contributed by atoms with Gasteiger partial charge in [0.2, 0.25) is 0 Å². The summed E-state index contributed by atoms with van der Waals surface area (Å²) in [6, 6.07) is 12.9. The molecule has 0 spiro atoms. The molecule has 0 saturated carbocycles. The second-order valence-corrected chi connectivity index (χ2v) is 22.5. The third kappa shape index (κ3) is 29.4. The van der Waals surface area contributed by atoms with Gasteiger partial charge in [0.15, 0.2) is 34.5 Å². The first-order valence-electron chi connectivity index (χ1n) is 33.4. The Balaban J connectivity index is 2.18. The van der Waals surface area contributed by atoms with Gasteiger partial charge >= 0.3 is 0 Å². The summed E-state index contributed by atoms with van der Waals surface area (Å²) in [6.07, 6.45) is 55.7. The van der Waals surface area contributed by atoms with E-state index in [1.807, 2.05) is 12.2 Å². The van der Waals surface area contributed by atoms with Crippen LogP contribution in [0.1, 0.15) is 306 Å². The van der Waals surface area contributed by atoms with Crippen LogP contribution in [0, 0.1) is 0 Å². The van der Waals surface area contributed by atoms with Crippen molar-refractivity contribution in [1.29, 1.82) is 0 Å². The van der Waals surface area contributed by atoms with E-state index in [2.05, 4.69) is 115 Å². The van der Waals surface area contributed by atoms with Crippen LogP contribution in [-0.4, -0.2) is 39.6 Å². The van der Waals surface area contributed by atoms with Crippen LogP contribution in [0.15, 0.2) is 49.6 Å². The highest BCUT2D eigenvalue weighted by molar-refractivity contribution is 5.83. The molecule has 3 rings (SSSR count). The van der Waals surface area contributed by atoms with E-state index < -0.39 is 0 Å². The lowest BCUT2D eigenvalue weighted by molar-refractivity contribution is 0.257. The second kappa shape index (κ2) is 48.0. The maximum Gasteiger partial charge on any atom is 0.168 e. The topological polar surface area (TPSA) is 55.4 Å². The van der Waals surface area contributed by atoms with E-state index in [0.29, 0.717) is 39.6 Å². The molecule has 0 saturated heterocycles. The lowest BCUT2D eigenvalue weighted by atomic mass is 10.0. The summed E-state index contributed by atoms with van der Waals surface area (Å²) in [4.78, 5) is 0. The minimum atomic E-state index is 0.614. The van der Waals surface area contributed by atoms with E-state index in [4.69, 9.17) is 28.4 Å². The van der Waals surface area contributed by atoms with Gasteiger partial charge in [-0.3, -0.25) is 0 Å². The first-order valence-corrected chi connectivity index (χ1v) is 33.4. The largest absolute Gasteiger partial charge is 0.489 e. The molecule has 0 atom stereocenters. The van der Waals surface area contributed by atoms with Gasteiger partial charge in [-0.15, -0.1) is 0 Å². The van der Waals surface area contributed by atoms with Crippen LogP contribution in [0.2, 0.25) is 0 Å². The second-order valence-electron chi connectivity index (χ2n) is 22.5. The molecular formula is C74H118O6. The minimum Gasteiger partial charge on any atom is -0.489 e. The van der Waals surface area contributed by atoms with Crippen LogP contribution in [0.5, 0.6) is 34.5 Å². The molecule has 0 heterocycles. The third-order valence-electron chi connectivity index (χ3n) is 15.3. The highest BCUT2D eigenvalue weighted by Gasteiger charge is 2.19. The van der Waals surface area contributed by atoms with Crippen LogP contribution < -0.4 is 28.4 Å². The standard InChI is InChI=1S/C74H118O6/c1-9-17-23-29-35-41-57-75-69-63(15-7)47-49-65(71(69)77-59-43-37-31-25-19-11-3)51-53-67-55-56-68(74(80-62-46-40-34-28-22-14-6)73(67)79-61-45-39-33-27-21-13-5)54-52-66-50-48-64(16-8)70(76-58-42-36-30-24-18-10-2)72(66)78-60-44-38-32-26-20-12-4/h15-16,47-56H,7-14,17-46,57-62H2,1-6H3/b53-51-,54-52+. The zero-order valence-corrected chi connectivity index (χ0v) is 52.5. The first-order chi connectivity index (χ1) is 39.5. The van der Waals surface area contributed by atoms with Gasteiger partial charge in [-0.05, 0) is 38.5 Å². The highest BCUT2D eigenvalue weighted by Crippen LogP contribution is 2.42. The van der Waals surface area contributed by atoms with Crippen LogP contribution >= 0.6 is 0 Å². The summed E-state index contributed by atoms with van der Waals surface area (Å²) in [7, 11) is 0. The Morgan fingerprint density at radius 2 is 0.375 bits per heavy atom. The quantitative estimate of drug-likeness (QED) is 0.0415. The van der Waals surface area contributed by atoms with Crippen molar-refractivity contribution in [1.82, 2.24) is 0 Å². The zero-order chi connectivity index (χ0) is 57.4. The van der Waals surface area contributed by atoms with E-state index in [0.717, 1.165) is 145 Å². The van der Waals surface area contributed by atoms with Gasteiger partial charge in [-0.1, -0.05) is 320 Å². The molecule has 80 heavy (non-hydrogen) atoms. The molecule has 0 fully saturated rings. The molecule has 3 aromatic carbocycles. The number of unbranched alkanes of at least 4 members (excludes halogenated alkanes) is 30. The lowest BCUT2D eigenvalue weighted by Gasteiger charge is -2.19. The minimum absolute atomic E-state index is 0.614. The number of rotatable bonds is 54. The molecule has 0 unspecified atom stereocenters. The van der Waals surface area contributed by atoms with Gasteiger partial charge in [0.05, 0.1) is 39.6 Å². The molecule has 6 nitrogen and oxygen atoms in total. The molecule has 0 aliphatic heterocycles. The van der Waals surface area contributed by atoms with Crippen molar-refractivity contribution < 1.29 is 28.4 Å². The summed E-state index contributed by atoms with van der Waals surface area (Å²) in [5.74, 6) is 4.72. The van der Waals surface area contributed by atoms with Gasteiger partial charge in [0.1, 0.15) is 0 Å². The summed E-state index contributed by atoms with van der Waals surface area (Å²) in [6.45, 7) is 25.9. The highest BCUT2D eigenvalue weighted by atomic mass is 16.5. The fraction of sp³-hybridized carbons (Fsp3) is 0.649. The van der Waals surface area contributed by atoms with Gasteiger partial charge in [-0.25, -0.2) is 0 Å². The molecule has 0 amide bonds. The van der Waals surface area contributed by atoms with Crippen molar-refractivity contribution in [2.45, 2.75) is 273 Å². The normalized spacial score (nSPS) is 11.5. The fourth-order valence-electron chi connectivity index (χ4n) is 10.2. The summed E-state index contributed by atoms with van der Waals surface area (Å²) < 4.78 is 41.0. The molecule has 0 aliphatic rings. The van der Waals surface area contributed by atoms with Crippen molar-refractivity contribution >= 4 is 36.5 Å². The average molecular weight is 1100 g/mol. The smallest absolute Gasteiger partial charge is 0.168 e. The average Bonchev–Trinajstić information content (AvgIpc) is 3.50. The van der Waals surface area contributed by atoms with Gasteiger partial charge in [0.25, 0.3) is 0 Å². The van der Waals surface area contributed by atoms with E-state index >= 15 is 0 Å². The Morgan fingerprint density at radius 1 is 0.225 bits per heavy atom. The van der Waals surface area contributed by atoms with Gasteiger partial charge in [0, 0.05) is 33.4 Å². The number of benzene rings is 3. The van der Waals surface area contributed by atoms with Crippen molar-refractivity contribution in [2.75, 3.05) is 39.6 Å². The maximum absolute atomic E-state index is 7.00. The van der Waals surface area contributed by atoms with Crippen LogP contribution in [0.4, 0.5) is 0 Å². The summed E-state index contributed by atoms with van der Waals surface area (Å²) >= 11 is 0. The van der Waals surface area contributed by atoms with Gasteiger partial charge in [-0.2, -0.15) is 0 Å². The molecule has 0 N–H and O–H groups in total. The fourth-order valence-corrected chi connectivity index (χ4v) is 10.2. The Morgan fingerprint density at radius 3 is 0.550 bits per heavy atom. The number of hydrogen-bond donors (Lipinski definition) is 0. The predicted octanol–water partition coefficient (Wildman–Crippen LogP) is 23.7. The molecule has 0 bridgehead atoms. The Labute approximate surface area is 492 Å². The van der Waals surface area contributed by atoms with E-state index in [1.165, 1.54) is 154 Å². The maximum atomic E-state index is 7.00. The van der Waals surface area contributed by atoms with Crippen LogP contribution in [0.3, 0.4) is 0 Å². The zero-order valence-electron chi connectivity index (χ0n) is 52.5. The monoisotopic (exact) mass is 1100 g/mol. The molecule has 0 aromatic heterocycles. The van der Waals surface area contributed by atoms with Crippen molar-refractivity contribution in [3.05, 3.63) is 82.9 Å². The molecule has 0 radical (unpaired) electrons. The van der Waals surface area contributed by atoms with Crippen LogP contribution in [0.25, 0.3) is 36.5 Å².